The summed E-state index contributed by atoms with van der Waals surface area (Å²) in [5, 5.41) is 7.68. The summed E-state index contributed by atoms with van der Waals surface area (Å²) in [7, 11) is 1.98. The second-order valence-corrected chi connectivity index (χ2v) is 4.24. The fourth-order valence-corrected chi connectivity index (χ4v) is 1.87. The van der Waals surface area contributed by atoms with Crippen LogP contribution in [0.25, 0.3) is 0 Å². The molecule has 1 saturated heterocycles. The Kier molecular flexibility index (Phi) is 3.38. The predicted octanol–water partition coefficient (Wildman–Crippen LogP) is 0.855. The van der Waals surface area contributed by atoms with Crippen LogP contribution in [0.5, 0.6) is 0 Å². The first-order valence-corrected chi connectivity index (χ1v) is 5.53. The van der Waals surface area contributed by atoms with E-state index in [1.807, 2.05) is 17.9 Å². The van der Waals surface area contributed by atoms with E-state index in [9.17, 15) is 0 Å². The SMILES string of the molecule is Cc1c(CNCC2CCOC2)cnn1C. The van der Waals surface area contributed by atoms with Crippen LogP contribution in [0.3, 0.4) is 0 Å². The highest BCUT2D eigenvalue weighted by Gasteiger charge is 2.14. The molecule has 1 aromatic rings. The van der Waals surface area contributed by atoms with Crippen molar-refractivity contribution < 1.29 is 4.74 Å². The minimum atomic E-state index is 0.696. The van der Waals surface area contributed by atoms with Crippen LogP contribution in [-0.4, -0.2) is 29.5 Å². The van der Waals surface area contributed by atoms with Gasteiger partial charge in [-0.15, -0.1) is 0 Å². The Labute approximate surface area is 90.6 Å². The highest BCUT2D eigenvalue weighted by molar-refractivity contribution is 5.15. The zero-order valence-corrected chi connectivity index (χ0v) is 9.49. The third-order valence-electron chi connectivity index (χ3n) is 3.11. The summed E-state index contributed by atoms with van der Waals surface area (Å²) in [5.74, 6) is 0.696. The lowest BCUT2D eigenvalue weighted by atomic mass is 10.1. The maximum atomic E-state index is 5.33. The number of aryl methyl sites for hydroxylation is 1. The van der Waals surface area contributed by atoms with Gasteiger partial charge in [0.2, 0.25) is 0 Å². The first-order valence-electron chi connectivity index (χ1n) is 5.53. The van der Waals surface area contributed by atoms with Gasteiger partial charge in [0.1, 0.15) is 0 Å². The summed E-state index contributed by atoms with van der Waals surface area (Å²) in [4.78, 5) is 0. The number of ether oxygens (including phenoxy) is 1. The van der Waals surface area contributed by atoms with Gasteiger partial charge in [0, 0.05) is 38.0 Å². The van der Waals surface area contributed by atoms with Crippen molar-refractivity contribution in [2.75, 3.05) is 19.8 Å². The van der Waals surface area contributed by atoms with E-state index in [4.69, 9.17) is 4.74 Å². The molecule has 0 radical (unpaired) electrons. The summed E-state index contributed by atoms with van der Waals surface area (Å²) in [6.07, 6.45) is 3.13. The van der Waals surface area contributed by atoms with Crippen LogP contribution in [0, 0.1) is 12.8 Å². The Morgan fingerprint density at radius 3 is 3.13 bits per heavy atom. The molecule has 1 unspecified atom stereocenters. The van der Waals surface area contributed by atoms with Crippen LogP contribution in [0.4, 0.5) is 0 Å². The van der Waals surface area contributed by atoms with E-state index in [1.54, 1.807) is 0 Å². The Hall–Kier alpha value is -0.870. The molecule has 2 heterocycles. The average molecular weight is 209 g/mol. The lowest BCUT2D eigenvalue weighted by Crippen LogP contribution is -2.22. The number of hydrogen-bond acceptors (Lipinski definition) is 3. The molecule has 1 aliphatic heterocycles. The van der Waals surface area contributed by atoms with Gasteiger partial charge < -0.3 is 10.1 Å². The number of nitrogens with one attached hydrogen (secondary N) is 1. The van der Waals surface area contributed by atoms with E-state index in [1.165, 1.54) is 17.7 Å². The quantitative estimate of drug-likeness (QED) is 0.799. The van der Waals surface area contributed by atoms with Crippen molar-refractivity contribution in [3.8, 4) is 0 Å². The van der Waals surface area contributed by atoms with Crippen LogP contribution in [0.15, 0.2) is 6.20 Å². The Balaban J connectivity index is 1.75. The van der Waals surface area contributed by atoms with E-state index in [2.05, 4.69) is 17.3 Å². The third-order valence-corrected chi connectivity index (χ3v) is 3.11. The molecule has 1 fully saturated rings. The van der Waals surface area contributed by atoms with Gasteiger partial charge in [0.15, 0.2) is 0 Å². The van der Waals surface area contributed by atoms with Gasteiger partial charge in [-0.2, -0.15) is 5.10 Å². The molecule has 15 heavy (non-hydrogen) atoms. The first-order chi connectivity index (χ1) is 7.27. The lowest BCUT2D eigenvalue weighted by Gasteiger charge is -2.08. The van der Waals surface area contributed by atoms with Crippen LogP contribution < -0.4 is 5.32 Å². The summed E-state index contributed by atoms with van der Waals surface area (Å²) in [6.45, 7) is 5.91. The normalized spacial score (nSPS) is 21.1. The van der Waals surface area contributed by atoms with Crippen molar-refractivity contribution in [2.24, 2.45) is 13.0 Å². The molecule has 0 aliphatic carbocycles. The lowest BCUT2D eigenvalue weighted by molar-refractivity contribution is 0.185. The Morgan fingerprint density at radius 1 is 1.67 bits per heavy atom. The molecule has 0 aromatic carbocycles. The van der Waals surface area contributed by atoms with E-state index in [0.29, 0.717) is 5.92 Å². The van der Waals surface area contributed by atoms with Crippen molar-refractivity contribution in [2.45, 2.75) is 19.9 Å². The zero-order chi connectivity index (χ0) is 10.7. The largest absolute Gasteiger partial charge is 0.381 e. The summed E-state index contributed by atoms with van der Waals surface area (Å²) in [5.41, 5.74) is 2.53. The molecule has 1 atom stereocenters. The third kappa shape index (κ3) is 2.58. The smallest absolute Gasteiger partial charge is 0.0537 e. The molecule has 2 rings (SSSR count). The monoisotopic (exact) mass is 209 g/mol. The van der Waals surface area contributed by atoms with E-state index in [0.717, 1.165) is 26.3 Å². The maximum Gasteiger partial charge on any atom is 0.0537 e. The summed E-state index contributed by atoms with van der Waals surface area (Å²) in [6, 6.07) is 0. The molecule has 1 N–H and O–H groups in total. The maximum absolute atomic E-state index is 5.33. The first kappa shape index (κ1) is 10.6. The molecule has 84 valence electrons. The Bertz CT molecular complexity index is 316. The fraction of sp³-hybridized carbons (Fsp3) is 0.727. The molecular weight excluding hydrogens is 190 g/mol. The minimum Gasteiger partial charge on any atom is -0.381 e. The summed E-state index contributed by atoms with van der Waals surface area (Å²) < 4.78 is 7.24. The molecule has 0 saturated carbocycles. The number of rotatable bonds is 4. The van der Waals surface area contributed by atoms with Crippen molar-refractivity contribution in [1.29, 1.82) is 0 Å². The highest BCUT2D eigenvalue weighted by Crippen LogP contribution is 2.11. The van der Waals surface area contributed by atoms with Gasteiger partial charge in [0.05, 0.1) is 12.8 Å². The average Bonchev–Trinajstić information content (AvgIpc) is 2.83. The molecule has 0 amide bonds. The second kappa shape index (κ2) is 4.77. The number of hydrogen-bond donors (Lipinski definition) is 1. The van der Waals surface area contributed by atoms with E-state index in [-0.39, 0.29) is 0 Å². The predicted molar refractivity (Wildman–Crippen MR) is 58.6 cm³/mol. The fourth-order valence-electron chi connectivity index (χ4n) is 1.87. The van der Waals surface area contributed by atoms with E-state index >= 15 is 0 Å². The van der Waals surface area contributed by atoms with Crippen molar-refractivity contribution in [3.05, 3.63) is 17.5 Å². The zero-order valence-electron chi connectivity index (χ0n) is 9.49. The summed E-state index contributed by atoms with van der Waals surface area (Å²) >= 11 is 0. The second-order valence-electron chi connectivity index (χ2n) is 4.24. The van der Waals surface area contributed by atoms with Crippen molar-refractivity contribution in [3.63, 3.8) is 0 Å². The van der Waals surface area contributed by atoms with Gasteiger partial charge >= 0.3 is 0 Å². The van der Waals surface area contributed by atoms with Crippen molar-refractivity contribution in [1.82, 2.24) is 15.1 Å². The Morgan fingerprint density at radius 2 is 2.53 bits per heavy atom. The molecule has 4 heteroatoms. The van der Waals surface area contributed by atoms with E-state index < -0.39 is 0 Å². The van der Waals surface area contributed by atoms with Gasteiger partial charge in [-0.1, -0.05) is 0 Å². The van der Waals surface area contributed by atoms with Crippen LogP contribution in [0.1, 0.15) is 17.7 Å². The van der Waals surface area contributed by atoms with Crippen LogP contribution >= 0.6 is 0 Å². The van der Waals surface area contributed by atoms with Gasteiger partial charge in [-0.05, 0) is 19.3 Å². The molecule has 0 spiro atoms. The number of aromatic nitrogens is 2. The molecule has 0 bridgehead atoms. The van der Waals surface area contributed by atoms with Crippen molar-refractivity contribution >= 4 is 0 Å². The molecule has 1 aliphatic rings. The highest BCUT2D eigenvalue weighted by atomic mass is 16.5. The van der Waals surface area contributed by atoms with Crippen LogP contribution in [-0.2, 0) is 18.3 Å². The van der Waals surface area contributed by atoms with Gasteiger partial charge in [0.25, 0.3) is 0 Å². The molecule has 1 aromatic heterocycles. The minimum absolute atomic E-state index is 0.696. The van der Waals surface area contributed by atoms with Gasteiger partial charge in [-0.3, -0.25) is 4.68 Å². The number of nitrogens with zero attached hydrogens (tertiary/aromatic N) is 2. The standard InChI is InChI=1S/C11H19N3O/c1-9-11(7-13-14(9)2)6-12-5-10-3-4-15-8-10/h7,10,12H,3-6,8H2,1-2H3. The molecular formula is C11H19N3O. The topological polar surface area (TPSA) is 39.1 Å². The van der Waals surface area contributed by atoms with Crippen LogP contribution in [0.2, 0.25) is 0 Å². The van der Waals surface area contributed by atoms with Gasteiger partial charge in [-0.25, -0.2) is 0 Å². The molecule has 4 nitrogen and oxygen atoms in total.